The maximum atomic E-state index is 12.7. The van der Waals surface area contributed by atoms with E-state index in [1.807, 2.05) is 17.5 Å². The average Bonchev–Trinajstić information content (AvgIpc) is 3.45. The third kappa shape index (κ3) is 4.39. The van der Waals surface area contributed by atoms with Gasteiger partial charge in [0.05, 0.1) is 11.4 Å². The lowest BCUT2D eigenvalue weighted by molar-refractivity contribution is 0.0917. The van der Waals surface area contributed by atoms with Crippen LogP contribution in [0.25, 0.3) is 11.5 Å². The van der Waals surface area contributed by atoms with Gasteiger partial charge in [0, 0.05) is 23.5 Å². The predicted molar refractivity (Wildman–Crippen MR) is 108 cm³/mol. The second-order valence-electron chi connectivity index (χ2n) is 6.66. The summed E-state index contributed by atoms with van der Waals surface area (Å²) in [4.78, 5) is 13.4. The first kappa shape index (κ1) is 19.7. The fraction of sp³-hybridized carbons (Fsp3) is 0.316. The lowest BCUT2D eigenvalue weighted by Gasteiger charge is -2.25. The first-order valence-corrected chi connectivity index (χ1v) is 11.6. The summed E-state index contributed by atoms with van der Waals surface area (Å²) in [6.45, 7) is 1.49. The molecule has 2 aromatic heterocycles. The molecule has 1 aliphatic rings. The largest absolute Gasteiger partial charge is 0.412 e. The van der Waals surface area contributed by atoms with Crippen LogP contribution >= 0.6 is 11.3 Å². The Morgan fingerprint density at radius 3 is 2.55 bits per heavy atom. The monoisotopic (exact) mass is 432 g/mol. The van der Waals surface area contributed by atoms with E-state index >= 15 is 0 Å². The van der Waals surface area contributed by atoms with Crippen molar-refractivity contribution in [2.75, 3.05) is 13.1 Å². The molecule has 0 radical (unpaired) electrons. The Labute approximate surface area is 172 Å². The average molecular weight is 433 g/mol. The predicted octanol–water partition coefficient (Wildman–Crippen LogP) is 2.90. The van der Waals surface area contributed by atoms with E-state index in [1.165, 1.54) is 16.4 Å². The summed E-state index contributed by atoms with van der Waals surface area (Å²) < 4.78 is 32.4. The third-order valence-electron chi connectivity index (χ3n) is 4.68. The Morgan fingerprint density at radius 2 is 1.86 bits per heavy atom. The van der Waals surface area contributed by atoms with Crippen LogP contribution in [0, 0.1) is 0 Å². The van der Waals surface area contributed by atoms with Gasteiger partial charge in [-0.2, -0.15) is 4.31 Å². The number of aromatic nitrogens is 2. The second kappa shape index (κ2) is 8.44. The minimum absolute atomic E-state index is 0.137. The van der Waals surface area contributed by atoms with Gasteiger partial charge in [0.2, 0.25) is 15.9 Å². The molecular formula is C19H20N4O4S2. The highest BCUT2D eigenvalue weighted by atomic mass is 32.2. The van der Waals surface area contributed by atoms with Crippen molar-refractivity contribution < 1.29 is 17.6 Å². The van der Waals surface area contributed by atoms with E-state index in [0.717, 1.165) is 24.1 Å². The molecule has 8 nitrogen and oxygen atoms in total. The number of hydrogen-bond donors (Lipinski definition) is 1. The van der Waals surface area contributed by atoms with Gasteiger partial charge in [-0.15, -0.1) is 21.5 Å². The highest BCUT2D eigenvalue weighted by Gasteiger charge is 2.26. The first-order chi connectivity index (χ1) is 14.0. The number of nitrogens with zero attached hydrogens (tertiary/aromatic N) is 3. The van der Waals surface area contributed by atoms with E-state index in [9.17, 15) is 13.2 Å². The van der Waals surface area contributed by atoms with Gasteiger partial charge in [0.15, 0.2) is 0 Å². The smallest absolute Gasteiger partial charge is 0.309 e. The SMILES string of the molecule is O=C(NCc1cccs1)c1nnc(-c2ccc(S(=O)(=O)N3CCCCC3)cc2)o1. The number of amides is 1. The van der Waals surface area contributed by atoms with Gasteiger partial charge in [-0.1, -0.05) is 12.5 Å². The van der Waals surface area contributed by atoms with Crippen molar-refractivity contribution >= 4 is 27.3 Å². The molecule has 10 heteroatoms. The molecule has 1 fully saturated rings. The number of piperidine rings is 1. The lowest BCUT2D eigenvalue weighted by Crippen LogP contribution is -2.35. The van der Waals surface area contributed by atoms with Crippen LogP contribution in [-0.2, 0) is 16.6 Å². The van der Waals surface area contributed by atoms with Gasteiger partial charge in [-0.3, -0.25) is 4.79 Å². The van der Waals surface area contributed by atoms with Gasteiger partial charge in [-0.05, 0) is 48.6 Å². The molecule has 1 N–H and O–H groups in total. The Morgan fingerprint density at radius 1 is 1.10 bits per heavy atom. The van der Waals surface area contributed by atoms with E-state index in [2.05, 4.69) is 15.5 Å². The summed E-state index contributed by atoms with van der Waals surface area (Å²) in [7, 11) is -3.49. The number of thiophene rings is 1. The van der Waals surface area contributed by atoms with Gasteiger partial charge in [-0.25, -0.2) is 8.42 Å². The normalized spacial score (nSPS) is 15.3. The van der Waals surface area contributed by atoms with Crippen molar-refractivity contribution in [2.24, 2.45) is 0 Å². The standard InChI is InChI=1S/C19H20N4O4S2/c24-17(20-13-15-5-4-12-28-15)19-22-21-18(27-19)14-6-8-16(9-7-14)29(25,26)23-10-2-1-3-11-23/h4-9,12H,1-3,10-11,13H2,(H,20,24). The molecule has 1 aliphatic heterocycles. The zero-order valence-corrected chi connectivity index (χ0v) is 17.2. The zero-order chi connectivity index (χ0) is 20.3. The number of hydrogen-bond acceptors (Lipinski definition) is 7. The van der Waals surface area contributed by atoms with Gasteiger partial charge >= 0.3 is 11.8 Å². The molecule has 152 valence electrons. The van der Waals surface area contributed by atoms with Crippen molar-refractivity contribution in [3.63, 3.8) is 0 Å². The summed E-state index contributed by atoms with van der Waals surface area (Å²) >= 11 is 1.54. The molecule has 3 aromatic rings. The maximum absolute atomic E-state index is 12.7. The number of carbonyl (C=O) groups excluding carboxylic acids is 1. The summed E-state index contributed by atoms with van der Waals surface area (Å²) in [6.07, 6.45) is 2.83. The zero-order valence-electron chi connectivity index (χ0n) is 15.6. The Bertz CT molecular complexity index is 1070. The van der Waals surface area contributed by atoms with Crippen molar-refractivity contribution in [3.8, 4) is 11.5 Å². The molecule has 0 unspecified atom stereocenters. The highest BCUT2D eigenvalue weighted by molar-refractivity contribution is 7.89. The molecule has 1 amide bonds. The first-order valence-electron chi connectivity index (χ1n) is 9.29. The van der Waals surface area contributed by atoms with Crippen LogP contribution in [0.1, 0.15) is 34.8 Å². The molecule has 29 heavy (non-hydrogen) atoms. The summed E-state index contributed by atoms with van der Waals surface area (Å²) in [5, 5.41) is 12.3. The number of rotatable bonds is 6. The molecule has 0 saturated carbocycles. The van der Waals surface area contributed by atoms with Crippen molar-refractivity contribution in [3.05, 3.63) is 52.5 Å². The molecule has 0 atom stereocenters. The minimum Gasteiger partial charge on any atom is -0.412 e. The van der Waals surface area contributed by atoms with Crippen molar-refractivity contribution in [1.82, 2.24) is 19.8 Å². The van der Waals surface area contributed by atoms with Crippen LogP contribution in [0.5, 0.6) is 0 Å². The van der Waals surface area contributed by atoms with E-state index < -0.39 is 15.9 Å². The van der Waals surface area contributed by atoms with Crippen LogP contribution in [0.3, 0.4) is 0 Å². The summed E-state index contributed by atoms with van der Waals surface area (Å²) in [5.41, 5.74) is 0.549. The molecule has 0 aliphatic carbocycles. The molecule has 0 bridgehead atoms. The highest BCUT2D eigenvalue weighted by Crippen LogP contribution is 2.24. The molecule has 3 heterocycles. The fourth-order valence-electron chi connectivity index (χ4n) is 3.11. The summed E-state index contributed by atoms with van der Waals surface area (Å²) in [6, 6.07) is 10.1. The van der Waals surface area contributed by atoms with Crippen LogP contribution < -0.4 is 5.32 Å². The number of sulfonamides is 1. The van der Waals surface area contributed by atoms with E-state index in [0.29, 0.717) is 25.2 Å². The van der Waals surface area contributed by atoms with Gasteiger partial charge in [0.25, 0.3) is 0 Å². The van der Waals surface area contributed by atoms with Crippen LogP contribution in [0.2, 0.25) is 0 Å². The van der Waals surface area contributed by atoms with Crippen LogP contribution in [0.15, 0.2) is 51.1 Å². The van der Waals surface area contributed by atoms with E-state index in [-0.39, 0.29) is 16.7 Å². The minimum atomic E-state index is -3.49. The third-order valence-corrected chi connectivity index (χ3v) is 7.47. The Kier molecular flexibility index (Phi) is 5.74. The summed E-state index contributed by atoms with van der Waals surface area (Å²) in [5.74, 6) is -0.434. The Hall–Kier alpha value is -2.56. The molecule has 1 saturated heterocycles. The number of nitrogens with one attached hydrogen (secondary N) is 1. The molecular weight excluding hydrogens is 412 g/mol. The fourth-order valence-corrected chi connectivity index (χ4v) is 5.27. The molecule has 0 spiro atoms. The van der Waals surface area contributed by atoms with Gasteiger partial charge in [0.1, 0.15) is 0 Å². The second-order valence-corrected chi connectivity index (χ2v) is 9.63. The number of benzene rings is 1. The quantitative estimate of drug-likeness (QED) is 0.642. The molecule has 4 rings (SSSR count). The lowest BCUT2D eigenvalue weighted by atomic mass is 10.2. The van der Waals surface area contributed by atoms with Crippen molar-refractivity contribution in [2.45, 2.75) is 30.7 Å². The van der Waals surface area contributed by atoms with E-state index in [1.54, 1.807) is 23.5 Å². The maximum Gasteiger partial charge on any atom is 0.309 e. The Balaban J connectivity index is 1.45. The van der Waals surface area contributed by atoms with Crippen LogP contribution in [0.4, 0.5) is 0 Å². The van der Waals surface area contributed by atoms with Crippen molar-refractivity contribution in [1.29, 1.82) is 0 Å². The topological polar surface area (TPSA) is 105 Å². The van der Waals surface area contributed by atoms with Crippen LogP contribution in [-0.4, -0.2) is 41.9 Å². The molecule has 1 aromatic carbocycles. The number of carbonyl (C=O) groups is 1. The van der Waals surface area contributed by atoms with Gasteiger partial charge < -0.3 is 9.73 Å². The van der Waals surface area contributed by atoms with E-state index in [4.69, 9.17) is 4.42 Å².